The number of carbonyl (C=O) groups is 2. The standard InChI is InChI=1S/C82H148NO8P/c1-6-8-10-12-14-16-18-20-22-24-26-28-30-32-34-36-37-38-39-40-41-42-43-44-45-47-48-50-52-54-56-58-60-62-64-66-68-70-72-74-81(84)88-78-80(79-90-92(86,87)89-77-76-83(3,4)5)91-82(85)75-73-71-69-67-65-63-61-59-57-55-53-51-49-46-35-33-31-29-27-25-23-21-19-17-15-13-11-9-7-2/h9,11,15,17,21,23-24,26-27,29,33,35,49,51,55,57,80H,6-8,10,12-14,16,18-20,22,25,28,30-32,34,36-48,50,52-54,56,58-79H2,1-5H3/b11-9-,17-15-,23-21-,26-24-,29-27-,35-33-,51-49-,57-55-. The van der Waals surface area contributed by atoms with Gasteiger partial charge in [0, 0.05) is 12.8 Å². The number of likely N-dealkylation sites (N-methyl/N-ethyl adjacent to an activating group) is 1. The van der Waals surface area contributed by atoms with E-state index in [0.29, 0.717) is 17.4 Å². The van der Waals surface area contributed by atoms with Crippen molar-refractivity contribution in [1.29, 1.82) is 0 Å². The zero-order valence-corrected chi connectivity index (χ0v) is 61.9. The van der Waals surface area contributed by atoms with E-state index in [9.17, 15) is 19.0 Å². The Bertz CT molecular complexity index is 1880. The summed E-state index contributed by atoms with van der Waals surface area (Å²) in [6.07, 6.45) is 101. The minimum absolute atomic E-state index is 0.0361. The van der Waals surface area contributed by atoms with Crippen LogP contribution in [-0.4, -0.2) is 70.0 Å². The van der Waals surface area contributed by atoms with Crippen LogP contribution >= 0.6 is 7.82 Å². The molecule has 0 aromatic carbocycles. The fraction of sp³-hybridized carbons (Fsp3) is 0.780. The van der Waals surface area contributed by atoms with E-state index in [-0.39, 0.29) is 32.0 Å². The van der Waals surface area contributed by atoms with E-state index < -0.39 is 26.5 Å². The molecule has 0 aromatic heterocycles. The molecular weight excluding hydrogens is 1160 g/mol. The molecule has 0 heterocycles. The van der Waals surface area contributed by atoms with E-state index in [4.69, 9.17) is 18.5 Å². The van der Waals surface area contributed by atoms with Gasteiger partial charge in [0.05, 0.1) is 27.7 Å². The number of carbonyl (C=O) groups excluding carboxylic acids is 2. The average Bonchev–Trinajstić information content (AvgIpc) is 2.14. The second-order valence-corrected chi connectivity index (χ2v) is 28.8. The molecule has 2 atom stereocenters. The number of nitrogens with zero attached hydrogens (tertiary/aromatic N) is 1. The van der Waals surface area contributed by atoms with Crippen LogP contribution in [0.15, 0.2) is 97.2 Å². The highest BCUT2D eigenvalue weighted by atomic mass is 31.2. The predicted octanol–water partition coefficient (Wildman–Crippen LogP) is 25.2. The van der Waals surface area contributed by atoms with Gasteiger partial charge in [0.25, 0.3) is 7.82 Å². The number of rotatable bonds is 72. The van der Waals surface area contributed by atoms with Gasteiger partial charge in [-0.1, -0.05) is 349 Å². The van der Waals surface area contributed by atoms with Gasteiger partial charge in [0.1, 0.15) is 19.8 Å². The summed E-state index contributed by atoms with van der Waals surface area (Å²) in [4.78, 5) is 38.1. The zero-order chi connectivity index (χ0) is 66.9. The van der Waals surface area contributed by atoms with Gasteiger partial charge in [-0.15, -0.1) is 0 Å². The lowest BCUT2D eigenvalue weighted by molar-refractivity contribution is -0.870. The maximum absolute atomic E-state index is 12.9. The molecule has 0 aliphatic rings. The number of esters is 2. The van der Waals surface area contributed by atoms with Crippen LogP contribution in [0.4, 0.5) is 0 Å². The van der Waals surface area contributed by atoms with Gasteiger partial charge in [-0.25, -0.2) is 0 Å². The van der Waals surface area contributed by atoms with Gasteiger partial charge in [0.2, 0.25) is 0 Å². The largest absolute Gasteiger partial charge is 0.756 e. The number of hydrogen-bond acceptors (Lipinski definition) is 8. The van der Waals surface area contributed by atoms with Crippen LogP contribution in [0.3, 0.4) is 0 Å². The Balaban J connectivity index is 3.96. The first-order valence-electron chi connectivity index (χ1n) is 38.9. The average molecular weight is 1310 g/mol. The van der Waals surface area contributed by atoms with Crippen molar-refractivity contribution in [2.45, 2.75) is 367 Å². The van der Waals surface area contributed by atoms with Crippen molar-refractivity contribution in [2.75, 3.05) is 47.5 Å². The highest BCUT2D eigenvalue weighted by Gasteiger charge is 2.22. The third kappa shape index (κ3) is 76.0. The summed E-state index contributed by atoms with van der Waals surface area (Å²) < 4.78 is 34.4. The van der Waals surface area contributed by atoms with Crippen molar-refractivity contribution in [3.63, 3.8) is 0 Å². The Morgan fingerprint density at radius 1 is 0.348 bits per heavy atom. The smallest absolute Gasteiger partial charge is 0.306 e. The van der Waals surface area contributed by atoms with E-state index in [0.717, 1.165) is 89.9 Å². The summed E-state index contributed by atoms with van der Waals surface area (Å²) in [7, 11) is 1.16. The first-order valence-corrected chi connectivity index (χ1v) is 40.4. The first-order chi connectivity index (χ1) is 45.0. The van der Waals surface area contributed by atoms with E-state index in [1.807, 2.05) is 21.1 Å². The van der Waals surface area contributed by atoms with Crippen molar-refractivity contribution in [3.05, 3.63) is 97.2 Å². The second kappa shape index (κ2) is 72.2. The van der Waals surface area contributed by atoms with E-state index in [2.05, 4.69) is 111 Å². The Morgan fingerprint density at radius 2 is 0.620 bits per heavy atom. The van der Waals surface area contributed by atoms with Gasteiger partial charge < -0.3 is 27.9 Å². The van der Waals surface area contributed by atoms with Crippen LogP contribution in [0.5, 0.6) is 0 Å². The molecule has 0 bridgehead atoms. The maximum atomic E-state index is 12.9. The summed E-state index contributed by atoms with van der Waals surface area (Å²) in [5, 5.41) is 0. The van der Waals surface area contributed by atoms with Crippen LogP contribution in [0.1, 0.15) is 361 Å². The second-order valence-electron chi connectivity index (χ2n) is 27.3. The minimum Gasteiger partial charge on any atom is -0.756 e. The molecule has 0 aliphatic carbocycles. The van der Waals surface area contributed by atoms with Gasteiger partial charge in [-0.3, -0.25) is 14.2 Å². The Kier molecular flexibility index (Phi) is 69.8. The topological polar surface area (TPSA) is 111 Å². The summed E-state index contributed by atoms with van der Waals surface area (Å²) in [6.45, 7) is 4.15. The SMILES string of the molecule is CC/C=C\C/C=C\C/C=C\C/C=C\C/C=C\C/C=C\C/C=C\CCCCCCCCCC(=O)OC(COC(=O)CCCCCCCCCCCCCCCCCCCCCCCCCCCCC/C=C\CCCCCCCCCC)COP(=O)([O-])OCC[N+](C)(C)C. The molecule has 0 amide bonds. The normalized spacial score (nSPS) is 13.6. The summed E-state index contributed by atoms with van der Waals surface area (Å²) in [5.41, 5.74) is 0. The van der Waals surface area contributed by atoms with E-state index in [1.54, 1.807) is 0 Å². The molecule has 0 N–H and O–H groups in total. The maximum Gasteiger partial charge on any atom is 0.306 e. The van der Waals surface area contributed by atoms with E-state index in [1.165, 1.54) is 238 Å². The van der Waals surface area contributed by atoms with Crippen LogP contribution in [0, 0.1) is 0 Å². The lowest BCUT2D eigenvalue weighted by Crippen LogP contribution is -2.37. The Hall–Kier alpha value is -3.07. The van der Waals surface area contributed by atoms with Crippen molar-refractivity contribution in [1.82, 2.24) is 0 Å². The summed E-state index contributed by atoms with van der Waals surface area (Å²) in [6, 6.07) is 0. The van der Waals surface area contributed by atoms with Crippen molar-refractivity contribution in [3.8, 4) is 0 Å². The lowest BCUT2D eigenvalue weighted by atomic mass is 10.0. The molecule has 0 saturated carbocycles. The van der Waals surface area contributed by atoms with Crippen LogP contribution < -0.4 is 4.89 Å². The van der Waals surface area contributed by atoms with Crippen molar-refractivity contribution >= 4 is 19.8 Å². The van der Waals surface area contributed by atoms with Crippen LogP contribution in [-0.2, 0) is 32.7 Å². The molecule has 2 unspecified atom stereocenters. The Labute approximate surface area is 570 Å². The van der Waals surface area contributed by atoms with Gasteiger partial charge >= 0.3 is 11.9 Å². The first kappa shape index (κ1) is 88.9. The monoisotopic (exact) mass is 1310 g/mol. The molecule has 0 saturated heterocycles. The van der Waals surface area contributed by atoms with Crippen molar-refractivity contribution < 1.29 is 42.1 Å². The predicted molar refractivity (Wildman–Crippen MR) is 397 cm³/mol. The van der Waals surface area contributed by atoms with Gasteiger partial charge in [-0.2, -0.15) is 0 Å². The molecule has 92 heavy (non-hydrogen) atoms. The fourth-order valence-corrected chi connectivity index (χ4v) is 11.9. The van der Waals surface area contributed by atoms with Crippen LogP contribution in [0.2, 0.25) is 0 Å². The molecule has 0 fully saturated rings. The molecule has 0 radical (unpaired) electrons. The van der Waals surface area contributed by atoms with Crippen LogP contribution in [0.25, 0.3) is 0 Å². The lowest BCUT2D eigenvalue weighted by Gasteiger charge is -2.28. The molecular formula is C82H148NO8P. The number of phosphoric acid groups is 1. The molecule has 9 nitrogen and oxygen atoms in total. The number of phosphoric ester groups is 1. The minimum atomic E-state index is -4.65. The molecule has 0 spiro atoms. The van der Waals surface area contributed by atoms with E-state index >= 15 is 0 Å². The molecule has 0 aromatic rings. The number of allylic oxidation sites excluding steroid dienone is 16. The molecule has 0 rings (SSSR count). The number of hydrogen-bond donors (Lipinski definition) is 0. The Morgan fingerprint density at radius 3 is 0.935 bits per heavy atom. The zero-order valence-electron chi connectivity index (χ0n) is 61.0. The van der Waals surface area contributed by atoms with Gasteiger partial charge in [-0.05, 0) is 96.3 Å². The number of quaternary nitrogens is 1. The highest BCUT2D eigenvalue weighted by Crippen LogP contribution is 2.38. The third-order valence-electron chi connectivity index (χ3n) is 17.1. The molecule has 10 heteroatoms. The molecule has 534 valence electrons. The quantitative estimate of drug-likeness (QED) is 0.0195. The summed E-state index contributed by atoms with van der Waals surface area (Å²) >= 11 is 0. The summed E-state index contributed by atoms with van der Waals surface area (Å²) in [5.74, 6) is -0.837. The number of unbranched alkanes of at least 4 members (excludes halogenated alkanes) is 42. The third-order valence-corrected chi connectivity index (χ3v) is 18.1. The number of ether oxygens (including phenoxy) is 2. The van der Waals surface area contributed by atoms with Crippen molar-refractivity contribution in [2.24, 2.45) is 0 Å². The fourth-order valence-electron chi connectivity index (χ4n) is 11.2. The highest BCUT2D eigenvalue weighted by molar-refractivity contribution is 7.45. The van der Waals surface area contributed by atoms with Gasteiger partial charge in [0.15, 0.2) is 6.10 Å². The molecule has 0 aliphatic heterocycles.